The Hall–Kier alpha value is -1.82. The van der Waals surface area contributed by atoms with E-state index in [0.717, 1.165) is 49.7 Å². The number of hydrogen-bond donors (Lipinski definition) is 2. The second-order valence-corrected chi connectivity index (χ2v) is 4.93. The van der Waals surface area contributed by atoms with Gasteiger partial charge in [-0.2, -0.15) is 5.10 Å². The first kappa shape index (κ1) is 12.2. The Balaban J connectivity index is 1.52. The summed E-state index contributed by atoms with van der Waals surface area (Å²) in [6.07, 6.45) is 8.33. The number of anilines is 1. The predicted octanol–water partition coefficient (Wildman–Crippen LogP) is 1.71. The molecule has 19 heavy (non-hydrogen) atoms. The standard InChI is InChI=1S/C13H19N5O/c1-10-14-5-11(17-10)6-15-12-7-16-18(8-12)9-13-3-2-4-19-13/h5,7-8,13,15H,2-4,6,9H2,1H3,(H,14,17). The normalized spacial score (nSPS) is 18.9. The molecule has 0 aliphatic carbocycles. The van der Waals surface area contributed by atoms with E-state index >= 15 is 0 Å². The lowest BCUT2D eigenvalue weighted by atomic mass is 10.2. The van der Waals surface area contributed by atoms with Gasteiger partial charge in [-0.3, -0.25) is 4.68 Å². The molecule has 102 valence electrons. The SMILES string of the molecule is Cc1ncc(CNc2cnn(CC3CCCO3)c2)[nH]1. The van der Waals surface area contributed by atoms with E-state index in [-0.39, 0.29) is 0 Å². The highest BCUT2D eigenvalue weighted by Gasteiger charge is 2.16. The molecule has 0 radical (unpaired) electrons. The van der Waals surface area contributed by atoms with Crippen LogP contribution in [0.5, 0.6) is 0 Å². The third-order valence-corrected chi connectivity index (χ3v) is 3.29. The number of nitrogens with zero attached hydrogens (tertiary/aromatic N) is 3. The van der Waals surface area contributed by atoms with Gasteiger partial charge >= 0.3 is 0 Å². The van der Waals surface area contributed by atoms with Crippen molar-refractivity contribution in [2.75, 3.05) is 11.9 Å². The summed E-state index contributed by atoms with van der Waals surface area (Å²) in [7, 11) is 0. The van der Waals surface area contributed by atoms with Crippen LogP contribution in [0.4, 0.5) is 5.69 Å². The number of nitrogens with one attached hydrogen (secondary N) is 2. The first-order chi connectivity index (χ1) is 9.29. The summed E-state index contributed by atoms with van der Waals surface area (Å²) in [5.74, 6) is 0.936. The highest BCUT2D eigenvalue weighted by atomic mass is 16.5. The average Bonchev–Trinajstić information content (AvgIpc) is 3.10. The highest BCUT2D eigenvalue weighted by Crippen LogP contribution is 2.15. The van der Waals surface area contributed by atoms with Crippen molar-refractivity contribution in [3.63, 3.8) is 0 Å². The summed E-state index contributed by atoms with van der Waals surface area (Å²) in [4.78, 5) is 7.36. The van der Waals surface area contributed by atoms with Crippen molar-refractivity contribution in [2.45, 2.75) is 39.0 Å². The lowest BCUT2D eigenvalue weighted by Gasteiger charge is -2.08. The molecule has 2 N–H and O–H groups in total. The molecule has 3 rings (SSSR count). The van der Waals surface area contributed by atoms with Gasteiger partial charge in [0, 0.05) is 12.8 Å². The molecule has 2 aromatic heterocycles. The summed E-state index contributed by atoms with van der Waals surface area (Å²) in [5, 5.41) is 7.67. The molecule has 0 aromatic carbocycles. The van der Waals surface area contributed by atoms with Crippen molar-refractivity contribution in [1.29, 1.82) is 0 Å². The first-order valence-electron chi connectivity index (χ1n) is 6.68. The summed E-state index contributed by atoms with van der Waals surface area (Å²) in [6.45, 7) is 4.40. The molecule has 1 saturated heterocycles. The second kappa shape index (κ2) is 5.44. The number of aryl methyl sites for hydroxylation is 1. The molecular weight excluding hydrogens is 242 g/mol. The van der Waals surface area contributed by atoms with Crippen LogP contribution in [0.15, 0.2) is 18.6 Å². The molecule has 0 amide bonds. The van der Waals surface area contributed by atoms with Crippen molar-refractivity contribution in [3.8, 4) is 0 Å². The summed E-state index contributed by atoms with van der Waals surface area (Å²) < 4.78 is 7.54. The Kier molecular flexibility index (Phi) is 3.50. The van der Waals surface area contributed by atoms with Crippen molar-refractivity contribution in [3.05, 3.63) is 30.1 Å². The van der Waals surface area contributed by atoms with E-state index in [1.165, 1.54) is 0 Å². The minimum atomic E-state index is 0.322. The molecule has 1 unspecified atom stereocenters. The topological polar surface area (TPSA) is 67.8 Å². The second-order valence-electron chi connectivity index (χ2n) is 4.93. The predicted molar refractivity (Wildman–Crippen MR) is 71.9 cm³/mol. The molecule has 0 spiro atoms. The fraction of sp³-hybridized carbons (Fsp3) is 0.538. The Morgan fingerprint density at radius 2 is 2.47 bits per heavy atom. The van der Waals surface area contributed by atoms with Gasteiger partial charge in [0.2, 0.25) is 0 Å². The maximum Gasteiger partial charge on any atom is 0.103 e. The van der Waals surface area contributed by atoms with E-state index in [9.17, 15) is 0 Å². The smallest absolute Gasteiger partial charge is 0.103 e. The van der Waals surface area contributed by atoms with Gasteiger partial charge in [0.1, 0.15) is 5.82 Å². The van der Waals surface area contributed by atoms with Crippen molar-refractivity contribution >= 4 is 5.69 Å². The summed E-state index contributed by atoms with van der Waals surface area (Å²) in [5.41, 5.74) is 2.09. The minimum absolute atomic E-state index is 0.322. The van der Waals surface area contributed by atoms with Crippen LogP contribution < -0.4 is 5.32 Å². The van der Waals surface area contributed by atoms with Gasteiger partial charge in [0.25, 0.3) is 0 Å². The number of ether oxygens (including phenoxy) is 1. The van der Waals surface area contributed by atoms with E-state index in [4.69, 9.17) is 4.74 Å². The van der Waals surface area contributed by atoms with Gasteiger partial charge in [0.15, 0.2) is 0 Å². The Bertz CT molecular complexity index is 527. The average molecular weight is 261 g/mol. The number of imidazole rings is 1. The molecule has 1 atom stereocenters. The quantitative estimate of drug-likeness (QED) is 0.859. The van der Waals surface area contributed by atoms with E-state index < -0.39 is 0 Å². The molecule has 0 bridgehead atoms. The number of H-pyrrole nitrogens is 1. The Labute approximate surface area is 112 Å². The zero-order chi connectivity index (χ0) is 13.1. The Morgan fingerprint density at radius 3 is 3.21 bits per heavy atom. The van der Waals surface area contributed by atoms with Crippen molar-refractivity contribution < 1.29 is 4.74 Å². The van der Waals surface area contributed by atoms with Crippen LogP contribution in [0.2, 0.25) is 0 Å². The first-order valence-corrected chi connectivity index (χ1v) is 6.68. The molecule has 2 aromatic rings. The zero-order valence-electron chi connectivity index (χ0n) is 11.1. The third-order valence-electron chi connectivity index (χ3n) is 3.29. The number of rotatable bonds is 5. The molecule has 1 aliphatic rings. The van der Waals surface area contributed by atoms with Crippen LogP contribution in [-0.2, 0) is 17.8 Å². The van der Waals surface area contributed by atoms with Gasteiger partial charge in [-0.15, -0.1) is 0 Å². The van der Waals surface area contributed by atoms with Crippen molar-refractivity contribution in [2.24, 2.45) is 0 Å². The number of aromatic amines is 1. The van der Waals surface area contributed by atoms with E-state index in [2.05, 4.69) is 20.4 Å². The molecule has 6 heteroatoms. The highest BCUT2D eigenvalue weighted by molar-refractivity contribution is 5.38. The molecular formula is C13H19N5O. The number of aromatic nitrogens is 4. The van der Waals surface area contributed by atoms with Crippen LogP contribution in [0, 0.1) is 6.92 Å². The maximum atomic E-state index is 5.60. The zero-order valence-corrected chi connectivity index (χ0v) is 11.1. The van der Waals surface area contributed by atoms with Gasteiger partial charge < -0.3 is 15.0 Å². The van der Waals surface area contributed by atoms with Crippen molar-refractivity contribution in [1.82, 2.24) is 19.7 Å². The van der Waals surface area contributed by atoms with Crippen LogP contribution >= 0.6 is 0 Å². The Morgan fingerprint density at radius 1 is 1.53 bits per heavy atom. The molecule has 0 saturated carbocycles. The number of hydrogen-bond acceptors (Lipinski definition) is 4. The maximum absolute atomic E-state index is 5.60. The van der Waals surface area contributed by atoms with Crippen LogP contribution in [0.25, 0.3) is 0 Å². The lowest BCUT2D eigenvalue weighted by Crippen LogP contribution is -2.15. The summed E-state index contributed by atoms with van der Waals surface area (Å²) >= 11 is 0. The fourth-order valence-corrected chi connectivity index (χ4v) is 2.31. The largest absolute Gasteiger partial charge is 0.377 e. The van der Waals surface area contributed by atoms with E-state index in [1.807, 2.05) is 30.2 Å². The monoisotopic (exact) mass is 261 g/mol. The van der Waals surface area contributed by atoms with Gasteiger partial charge in [0.05, 0.1) is 43.0 Å². The fourth-order valence-electron chi connectivity index (χ4n) is 2.31. The molecule has 3 heterocycles. The molecule has 1 aliphatic heterocycles. The third kappa shape index (κ3) is 3.14. The van der Waals surface area contributed by atoms with Crippen LogP contribution in [-0.4, -0.2) is 32.5 Å². The van der Waals surface area contributed by atoms with E-state index in [0.29, 0.717) is 6.10 Å². The van der Waals surface area contributed by atoms with E-state index in [1.54, 1.807) is 0 Å². The van der Waals surface area contributed by atoms with Gasteiger partial charge in [-0.1, -0.05) is 0 Å². The van der Waals surface area contributed by atoms with Crippen LogP contribution in [0.3, 0.4) is 0 Å². The molecule has 1 fully saturated rings. The van der Waals surface area contributed by atoms with Crippen LogP contribution in [0.1, 0.15) is 24.4 Å². The molecule has 6 nitrogen and oxygen atoms in total. The minimum Gasteiger partial charge on any atom is -0.377 e. The summed E-state index contributed by atoms with van der Waals surface area (Å²) in [6, 6.07) is 0. The van der Waals surface area contributed by atoms with Gasteiger partial charge in [-0.05, 0) is 19.8 Å². The van der Waals surface area contributed by atoms with Gasteiger partial charge in [-0.25, -0.2) is 4.98 Å². The lowest BCUT2D eigenvalue weighted by molar-refractivity contribution is 0.0940.